The molecule has 1 aromatic heterocycles. The summed E-state index contributed by atoms with van der Waals surface area (Å²) in [5.74, 6) is 1.86. The van der Waals surface area contributed by atoms with Crippen LogP contribution in [-0.4, -0.2) is 0 Å². The molecule has 11 aromatic carbocycles. The van der Waals surface area contributed by atoms with Gasteiger partial charge >= 0.3 is 0 Å². The summed E-state index contributed by atoms with van der Waals surface area (Å²) in [6.07, 6.45) is 0. The highest BCUT2D eigenvalue weighted by Gasteiger charge is 2.52. The Labute approximate surface area is 386 Å². The first-order valence-corrected chi connectivity index (χ1v) is 23.5. The standard InChI is InChI=1S/C63H39NOS/c1-2-14-40(15-3-1)41-28-34-45(35-29-41)64(57-26-13-23-51-50-20-9-11-27-58(50)66-62(51)57)46-36-30-44(31-37-46)47-22-12-25-54-59(47)52-21-8-10-24-53(52)63(54)55-38-32-42-16-4-6-18-48(42)60(55)65-61-49-19-7-5-17-43(49)33-39-56(61)63/h1-39H. The van der Waals surface area contributed by atoms with Gasteiger partial charge in [0.1, 0.15) is 11.5 Å². The summed E-state index contributed by atoms with van der Waals surface area (Å²) >= 11 is 1.86. The normalized spacial score (nSPS) is 13.1. The summed E-state index contributed by atoms with van der Waals surface area (Å²) in [6.45, 7) is 0. The van der Waals surface area contributed by atoms with E-state index in [4.69, 9.17) is 4.74 Å². The minimum absolute atomic E-state index is 0.607. The summed E-state index contributed by atoms with van der Waals surface area (Å²) < 4.78 is 9.78. The van der Waals surface area contributed by atoms with Crippen molar-refractivity contribution in [2.24, 2.45) is 0 Å². The molecule has 3 heteroatoms. The predicted molar refractivity (Wildman–Crippen MR) is 277 cm³/mol. The smallest absolute Gasteiger partial charge is 0.140 e. The fraction of sp³-hybridized carbons (Fsp3) is 0.0159. The monoisotopic (exact) mass is 857 g/mol. The van der Waals surface area contributed by atoms with Gasteiger partial charge in [0.05, 0.1) is 15.8 Å². The molecule has 0 fully saturated rings. The molecule has 0 saturated heterocycles. The van der Waals surface area contributed by atoms with Crippen molar-refractivity contribution >= 4 is 70.1 Å². The van der Waals surface area contributed by atoms with Crippen molar-refractivity contribution in [2.75, 3.05) is 4.90 Å². The molecular weight excluding hydrogens is 819 g/mol. The number of hydrogen-bond donors (Lipinski definition) is 0. The Morgan fingerprint density at radius 1 is 0.348 bits per heavy atom. The number of benzene rings is 11. The molecule has 0 bridgehead atoms. The molecule has 2 heterocycles. The molecule has 66 heavy (non-hydrogen) atoms. The number of thiophene rings is 1. The Morgan fingerprint density at radius 3 is 1.59 bits per heavy atom. The van der Waals surface area contributed by atoms with Gasteiger partial charge in [0, 0.05) is 48.7 Å². The van der Waals surface area contributed by atoms with Crippen molar-refractivity contribution in [3.05, 3.63) is 259 Å². The van der Waals surface area contributed by atoms with E-state index in [2.05, 4.69) is 241 Å². The van der Waals surface area contributed by atoms with E-state index in [0.29, 0.717) is 0 Å². The molecule has 1 aliphatic carbocycles. The van der Waals surface area contributed by atoms with Crippen LogP contribution in [-0.2, 0) is 5.41 Å². The summed E-state index contributed by atoms with van der Waals surface area (Å²) in [6, 6.07) is 86.8. The summed E-state index contributed by atoms with van der Waals surface area (Å²) in [4.78, 5) is 2.43. The van der Waals surface area contributed by atoms with E-state index >= 15 is 0 Å². The van der Waals surface area contributed by atoms with Crippen LogP contribution in [0, 0.1) is 0 Å². The second-order valence-electron chi connectivity index (χ2n) is 17.5. The maximum atomic E-state index is 7.21. The largest absolute Gasteiger partial charge is 0.455 e. The Morgan fingerprint density at radius 2 is 0.879 bits per heavy atom. The molecule has 14 rings (SSSR count). The van der Waals surface area contributed by atoms with Gasteiger partial charge in [-0.05, 0) is 91.7 Å². The second kappa shape index (κ2) is 14.4. The number of anilines is 3. The molecule has 0 radical (unpaired) electrons. The van der Waals surface area contributed by atoms with Gasteiger partial charge in [0.2, 0.25) is 0 Å². The highest BCUT2D eigenvalue weighted by molar-refractivity contribution is 7.26. The number of nitrogens with zero attached hydrogens (tertiary/aromatic N) is 1. The molecule has 2 nitrogen and oxygen atoms in total. The fourth-order valence-electron chi connectivity index (χ4n) is 11.3. The molecule has 1 aliphatic heterocycles. The molecule has 0 saturated carbocycles. The molecule has 308 valence electrons. The molecule has 0 amide bonds. The van der Waals surface area contributed by atoms with Gasteiger partial charge in [0.15, 0.2) is 0 Å². The lowest BCUT2D eigenvalue weighted by atomic mass is 9.65. The van der Waals surface area contributed by atoms with Gasteiger partial charge in [-0.1, -0.05) is 200 Å². The van der Waals surface area contributed by atoms with Crippen LogP contribution in [0.5, 0.6) is 11.5 Å². The average Bonchev–Trinajstić information content (AvgIpc) is 3.92. The van der Waals surface area contributed by atoms with Gasteiger partial charge in [-0.15, -0.1) is 11.3 Å². The highest BCUT2D eigenvalue weighted by Crippen LogP contribution is 2.65. The van der Waals surface area contributed by atoms with Crippen LogP contribution in [0.25, 0.3) is 75.1 Å². The van der Waals surface area contributed by atoms with Crippen molar-refractivity contribution in [1.82, 2.24) is 0 Å². The zero-order chi connectivity index (χ0) is 43.3. The molecule has 12 aromatic rings. The van der Waals surface area contributed by atoms with Gasteiger partial charge in [-0.25, -0.2) is 0 Å². The molecular formula is C63H39NOS. The zero-order valence-electron chi connectivity index (χ0n) is 35.8. The van der Waals surface area contributed by atoms with Crippen molar-refractivity contribution in [2.45, 2.75) is 5.41 Å². The lowest BCUT2D eigenvalue weighted by Gasteiger charge is -2.40. The van der Waals surface area contributed by atoms with Crippen LogP contribution in [0.4, 0.5) is 17.1 Å². The first-order valence-electron chi connectivity index (χ1n) is 22.7. The minimum atomic E-state index is -0.607. The van der Waals surface area contributed by atoms with Crippen LogP contribution in [0.1, 0.15) is 22.3 Å². The third-order valence-corrected chi connectivity index (χ3v) is 15.3. The zero-order valence-corrected chi connectivity index (χ0v) is 36.6. The highest BCUT2D eigenvalue weighted by atomic mass is 32.1. The maximum absolute atomic E-state index is 7.21. The quantitative estimate of drug-likeness (QED) is 0.171. The van der Waals surface area contributed by atoms with E-state index < -0.39 is 5.41 Å². The first-order chi connectivity index (χ1) is 32.7. The lowest BCUT2D eigenvalue weighted by Crippen LogP contribution is -2.32. The minimum Gasteiger partial charge on any atom is -0.455 e. The Kier molecular flexibility index (Phi) is 8.10. The third-order valence-electron chi connectivity index (χ3n) is 14.1. The van der Waals surface area contributed by atoms with Gasteiger partial charge < -0.3 is 9.64 Å². The second-order valence-corrected chi connectivity index (χ2v) is 18.6. The number of hydrogen-bond acceptors (Lipinski definition) is 3. The van der Waals surface area contributed by atoms with Crippen LogP contribution < -0.4 is 9.64 Å². The number of rotatable bonds is 5. The van der Waals surface area contributed by atoms with Crippen LogP contribution >= 0.6 is 11.3 Å². The van der Waals surface area contributed by atoms with E-state index in [9.17, 15) is 0 Å². The Hall–Kier alpha value is -8.24. The summed E-state index contributed by atoms with van der Waals surface area (Å²) in [7, 11) is 0. The van der Waals surface area contributed by atoms with E-state index in [1.807, 2.05) is 11.3 Å². The van der Waals surface area contributed by atoms with E-state index in [1.165, 1.54) is 92.3 Å². The van der Waals surface area contributed by atoms with Gasteiger partial charge in [0.25, 0.3) is 0 Å². The van der Waals surface area contributed by atoms with Crippen LogP contribution in [0.3, 0.4) is 0 Å². The van der Waals surface area contributed by atoms with Crippen molar-refractivity contribution < 1.29 is 4.74 Å². The summed E-state index contributed by atoms with van der Waals surface area (Å²) in [5.41, 5.74) is 15.0. The van der Waals surface area contributed by atoms with E-state index in [0.717, 1.165) is 33.6 Å². The SMILES string of the molecule is c1ccc(-c2ccc(N(c3ccc(-c4cccc5c4-c4ccccc4C54c5ccc6ccccc6c5Oc5c4ccc4ccccc54)cc3)c3cccc4c3sc3ccccc34)cc2)cc1. The van der Waals surface area contributed by atoms with E-state index in [1.54, 1.807) is 0 Å². The van der Waals surface area contributed by atoms with Crippen LogP contribution in [0.15, 0.2) is 237 Å². The maximum Gasteiger partial charge on any atom is 0.140 e. The summed E-state index contributed by atoms with van der Waals surface area (Å²) in [5, 5.41) is 7.15. The Balaban J connectivity index is 0.965. The number of ether oxygens (including phenoxy) is 1. The third kappa shape index (κ3) is 5.29. The number of fused-ring (bicyclic) bond motifs is 16. The van der Waals surface area contributed by atoms with Crippen LogP contribution in [0.2, 0.25) is 0 Å². The van der Waals surface area contributed by atoms with Crippen molar-refractivity contribution in [3.63, 3.8) is 0 Å². The van der Waals surface area contributed by atoms with Gasteiger partial charge in [-0.2, -0.15) is 0 Å². The molecule has 1 spiro atoms. The topological polar surface area (TPSA) is 12.5 Å². The molecule has 2 aliphatic rings. The average molecular weight is 858 g/mol. The van der Waals surface area contributed by atoms with E-state index in [-0.39, 0.29) is 0 Å². The first kappa shape index (κ1) is 37.2. The van der Waals surface area contributed by atoms with Crippen molar-refractivity contribution in [1.29, 1.82) is 0 Å². The Bertz CT molecular complexity index is 3820. The van der Waals surface area contributed by atoms with Crippen molar-refractivity contribution in [3.8, 4) is 44.9 Å². The fourth-order valence-corrected chi connectivity index (χ4v) is 12.5. The van der Waals surface area contributed by atoms with Gasteiger partial charge in [-0.3, -0.25) is 0 Å². The predicted octanol–water partition coefficient (Wildman–Crippen LogP) is 17.6. The lowest BCUT2D eigenvalue weighted by molar-refractivity contribution is 0.447. The molecule has 0 N–H and O–H groups in total. The molecule has 0 unspecified atom stereocenters. The molecule has 0 atom stereocenters.